The molecular formula is C22H23N3O3. The molecule has 0 radical (unpaired) electrons. The Bertz CT molecular complexity index is 933. The first-order chi connectivity index (χ1) is 13.5. The van der Waals surface area contributed by atoms with E-state index in [1.165, 1.54) is 0 Å². The molecule has 3 aromatic rings. The standard InChI is InChI=1S/C22H23N3O3/c1-16-8-10-18(11-9-16)20-14-19(24-28-20)22(27)23-13-12-21(26)25(2)15-17-6-4-3-5-7-17/h3-11,14H,12-13,15H2,1-2H3,(H,23,27). The number of aryl methyl sites for hydroxylation is 1. The number of rotatable bonds is 7. The highest BCUT2D eigenvalue weighted by Gasteiger charge is 2.15. The van der Waals surface area contributed by atoms with E-state index in [1.54, 1.807) is 18.0 Å². The first kappa shape index (κ1) is 19.4. The van der Waals surface area contributed by atoms with Gasteiger partial charge in [0.1, 0.15) is 0 Å². The number of aromatic nitrogens is 1. The van der Waals surface area contributed by atoms with E-state index in [0.717, 1.165) is 16.7 Å². The van der Waals surface area contributed by atoms with Gasteiger partial charge in [0, 0.05) is 38.2 Å². The Morgan fingerprint density at radius 3 is 2.50 bits per heavy atom. The van der Waals surface area contributed by atoms with Crippen molar-refractivity contribution in [1.82, 2.24) is 15.4 Å². The fourth-order valence-corrected chi connectivity index (χ4v) is 2.75. The summed E-state index contributed by atoms with van der Waals surface area (Å²) in [6.07, 6.45) is 0.220. The van der Waals surface area contributed by atoms with E-state index in [9.17, 15) is 9.59 Å². The van der Waals surface area contributed by atoms with Gasteiger partial charge < -0.3 is 14.7 Å². The second kappa shape index (κ2) is 8.99. The lowest BCUT2D eigenvalue weighted by molar-refractivity contribution is -0.130. The van der Waals surface area contributed by atoms with E-state index in [-0.39, 0.29) is 30.5 Å². The molecule has 0 saturated carbocycles. The number of carbonyl (C=O) groups excluding carboxylic acids is 2. The Kier molecular flexibility index (Phi) is 6.22. The van der Waals surface area contributed by atoms with Crippen LogP contribution >= 0.6 is 0 Å². The van der Waals surface area contributed by atoms with E-state index in [0.29, 0.717) is 12.3 Å². The summed E-state index contributed by atoms with van der Waals surface area (Å²) >= 11 is 0. The predicted octanol–water partition coefficient (Wildman–Crippen LogP) is 3.43. The van der Waals surface area contributed by atoms with Gasteiger partial charge in [-0.15, -0.1) is 0 Å². The van der Waals surface area contributed by atoms with Gasteiger partial charge in [0.2, 0.25) is 5.91 Å². The molecule has 1 heterocycles. The highest BCUT2D eigenvalue weighted by atomic mass is 16.5. The minimum Gasteiger partial charge on any atom is -0.355 e. The smallest absolute Gasteiger partial charge is 0.273 e. The highest BCUT2D eigenvalue weighted by Crippen LogP contribution is 2.20. The number of carbonyl (C=O) groups is 2. The summed E-state index contributed by atoms with van der Waals surface area (Å²) in [4.78, 5) is 26.1. The third-order valence-electron chi connectivity index (χ3n) is 4.39. The second-order valence-corrected chi connectivity index (χ2v) is 6.68. The van der Waals surface area contributed by atoms with Crippen LogP contribution in [0, 0.1) is 6.92 Å². The van der Waals surface area contributed by atoms with Crippen molar-refractivity contribution in [1.29, 1.82) is 0 Å². The van der Waals surface area contributed by atoms with Gasteiger partial charge in [-0.1, -0.05) is 65.3 Å². The van der Waals surface area contributed by atoms with Crippen LogP contribution in [0.4, 0.5) is 0 Å². The summed E-state index contributed by atoms with van der Waals surface area (Å²) in [5.74, 6) is 0.133. The van der Waals surface area contributed by atoms with E-state index < -0.39 is 0 Å². The lowest BCUT2D eigenvalue weighted by Gasteiger charge is -2.17. The zero-order valence-corrected chi connectivity index (χ0v) is 16.0. The zero-order chi connectivity index (χ0) is 19.9. The van der Waals surface area contributed by atoms with Crippen LogP contribution in [0.5, 0.6) is 0 Å². The van der Waals surface area contributed by atoms with Crippen LogP contribution in [0.1, 0.15) is 28.0 Å². The van der Waals surface area contributed by atoms with Gasteiger partial charge >= 0.3 is 0 Å². The number of amides is 2. The maximum Gasteiger partial charge on any atom is 0.273 e. The SMILES string of the molecule is Cc1ccc(-c2cc(C(=O)NCCC(=O)N(C)Cc3ccccc3)no2)cc1. The summed E-state index contributed by atoms with van der Waals surface area (Å²) in [7, 11) is 1.75. The monoisotopic (exact) mass is 377 g/mol. The van der Waals surface area contributed by atoms with Gasteiger partial charge in [0.05, 0.1) is 0 Å². The zero-order valence-electron chi connectivity index (χ0n) is 16.0. The van der Waals surface area contributed by atoms with Crippen molar-refractivity contribution in [3.8, 4) is 11.3 Å². The fraction of sp³-hybridized carbons (Fsp3) is 0.227. The minimum absolute atomic E-state index is 0.0374. The molecule has 6 heteroatoms. The van der Waals surface area contributed by atoms with E-state index >= 15 is 0 Å². The van der Waals surface area contributed by atoms with Crippen LogP contribution in [0.2, 0.25) is 0 Å². The van der Waals surface area contributed by atoms with Gasteiger partial charge in [-0.05, 0) is 12.5 Å². The van der Waals surface area contributed by atoms with Crippen LogP contribution < -0.4 is 5.32 Å². The van der Waals surface area contributed by atoms with Crippen LogP contribution in [-0.4, -0.2) is 35.5 Å². The molecule has 1 N–H and O–H groups in total. The van der Waals surface area contributed by atoms with Crippen LogP contribution in [-0.2, 0) is 11.3 Å². The number of hydrogen-bond acceptors (Lipinski definition) is 4. The van der Waals surface area contributed by atoms with Crippen molar-refractivity contribution in [3.05, 3.63) is 77.5 Å². The van der Waals surface area contributed by atoms with E-state index in [2.05, 4.69) is 10.5 Å². The third-order valence-corrected chi connectivity index (χ3v) is 4.39. The summed E-state index contributed by atoms with van der Waals surface area (Å²) < 4.78 is 5.26. The topological polar surface area (TPSA) is 75.4 Å². The molecule has 28 heavy (non-hydrogen) atoms. The maximum atomic E-state index is 12.2. The number of nitrogens with zero attached hydrogens (tertiary/aromatic N) is 2. The molecule has 0 aliphatic heterocycles. The van der Waals surface area contributed by atoms with Crippen molar-refractivity contribution in [2.45, 2.75) is 19.9 Å². The molecule has 3 rings (SSSR count). The second-order valence-electron chi connectivity index (χ2n) is 6.68. The Morgan fingerprint density at radius 2 is 1.79 bits per heavy atom. The largest absolute Gasteiger partial charge is 0.355 e. The molecule has 144 valence electrons. The molecule has 0 spiro atoms. The maximum absolute atomic E-state index is 12.2. The Morgan fingerprint density at radius 1 is 1.07 bits per heavy atom. The molecule has 6 nitrogen and oxygen atoms in total. The number of benzene rings is 2. The molecule has 2 amide bonds. The van der Waals surface area contributed by atoms with Gasteiger partial charge in [0.25, 0.3) is 5.91 Å². The highest BCUT2D eigenvalue weighted by molar-refractivity contribution is 5.93. The summed E-state index contributed by atoms with van der Waals surface area (Å²) in [5, 5.41) is 6.53. The normalized spacial score (nSPS) is 10.5. The molecule has 0 unspecified atom stereocenters. The van der Waals surface area contributed by atoms with Crippen molar-refractivity contribution >= 4 is 11.8 Å². The molecule has 0 atom stereocenters. The van der Waals surface area contributed by atoms with Crippen LogP contribution in [0.15, 0.2) is 65.2 Å². The van der Waals surface area contributed by atoms with Crippen molar-refractivity contribution in [3.63, 3.8) is 0 Å². The van der Waals surface area contributed by atoms with Gasteiger partial charge in [-0.3, -0.25) is 9.59 Å². The average molecular weight is 377 g/mol. The summed E-state index contributed by atoms with van der Waals surface area (Å²) in [6, 6.07) is 19.1. The van der Waals surface area contributed by atoms with Gasteiger partial charge in [-0.25, -0.2) is 0 Å². The Hall–Kier alpha value is -3.41. The van der Waals surface area contributed by atoms with Crippen molar-refractivity contribution < 1.29 is 14.1 Å². The first-order valence-electron chi connectivity index (χ1n) is 9.13. The molecule has 0 fully saturated rings. The quantitative estimate of drug-likeness (QED) is 0.684. The molecule has 1 aromatic heterocycles. The molecule has 0 bridgehead atoms. The van der Waals surface area contributed by atoms with E-state index in [4.69, 9.17) is 4.52 Å². The molecule has 0 saturated heterocycles. The van der Waals surface area contributed by atoms with Crippen molar-refractivity contribution in [2.24, 2.45) is 0 Å². The van der Waals surface area contributed by atoms with Crippen molar-refractivity contribution in [2.75, 3.05) is 13.6 Å². The predicted molar refractivity (Wildman–Crippen MR) is 107 cm³/mol. The minimum atomic E-state index is -0.361. The molecule has 0 aliphatic rings. The van der Waals surface area contributed by atoms with E-state index in [1.807, 2.05) is 61.5 Å². The fourth-order valence-electron chi connectivity index (χ4n) is 2.75. The summed E-state index contributed by atoms with van der Waals surface area (Å²) in [6.45, 7) is 2.78. The molecular weight excluding hydrogens is 354 g/mol. The Labute approximate surface area is 164 Å². The average Bonchev–Trinajstić information content (AvgIpc) is 3.19. The first-order valence-corrected chi connectivity index (χ1v) is 9.13. The van der Waals surface area contributed by atoms with Gasteiger partial charge in [0.15, 0.2) is 11.5 Å². The Balaban J connectivity index is 1.48. The third kappa shape index (κ3) is 5.07. The lowest BCUT2D eigenvalue weighted by atomic mass is 10.1. The van der Waals surface area contributed by atoms with Crippen LogP contribution in [0.3, 0.4) is 0 Å². The van der Waals surface area contributed by atoms with Crippen LogP contribution in [0.25, 0.3) is 11.3 Å². The molecule has 2 aromatic carbocycles. The lowest BCUT2D eigenvalue weighted by Crippen LogP contribution is -2.32. The number of hydrogen-bond donors (Lipinski definition) is 1. The summed E-state index contributed by atoms with van der Waals surface area (Å²) in [5.41, 5.74) is 3.26. The van der Waals surface area contributed by atoms with Gasteiger partial charge in [-0.2, -0.15) is 0 Å². The molecule has 0 aliphatic carbocycles. The number of nitrogens with one attached hydrogen (secondary N) is 1.